The Kier molecular flexibility index (Phi) is 4.25. The van der Waals surface area contributed by atoms with Gasteiger partial charge in [0.25, 0.3) is 0 Å². The lowest BCUT2D eigenvalue weighted by Gasteiger charge is -2.34. The number of phenolic OH excluding ortho intramolecular Hbond substituents is 1. The van der Waals surface area contributed by atoms with Crippen molar-refractivity contribution in [1.29, 1.82) is 5.26 Å². The van der Waals surface area contributed by atoms with E-state index in [0.29, 0.717) is 22.9 Å². The molecule has 134 valence electrons. The molecule has 0 amide bonds. The molecule has 1 fully saturated rings. The minimum atomic E-state index is 0.0842. The van der Waals surface area contributed by atoms with Gasteiger partial charge in [-0.2, -0.15) is 5.26 Å². The first-order valence-corrected chi connectivity index (χ1v) is 9.12. The van der Waals surface area contributed by atoms with E-state index in [1.54, 1.807) is 6.07 Å². The second-order valence-corrected chi connectivity index (χ2v) is 7.38. The normalized spacial score (nSPS) is 20.0. The molecule has 4 rings (SSSR count). The Morgan fingerprint density at radius 2 is 2.08 bits per heavy atom. The number of likely N-dealkylation sites (N-methyl/N-ethyl adjacent to an activating group) is 1. The standard InChI is InChI=1S/C20H23N5O/c1-13-8-14(11-21)9-18(26)19(13)17-10-15-4-3-6-25(20(15)23-22-17)16-5-7-24(2)12-16/h8-10,16,26H,3-7,12H2,1-2H3. The maximum absolute atomic E-state index is 10.4. The van der Waals surface area contributed by atoms with Crippen LogP contribution in [0.4, 0.5) is 5.82 Å². The quantitative estimate of drug-likeness (QED) is 0.898. The molecule has 6 heteroatoms. The molecule has 0 bridgehead atoms. The number of aryl methyl sites for hydroxylation is 2. The summed E-state index contributed by atoms with van der Waals surface area (Å²) in [6.45, 7) is 5.11. The van der Waals surface area contributed by atoms with Crippen LogP contribution in [-0.4, -0.2) is 52.9 Å². The van der Waals surface area contributed by atoms with Crippen molar-refractivity contribution >= 4 is 5.82 Å². The summed E-state index contributed by atoms with van der Waals surface area (Å²) in [5, 5.41) is 28.4. The van der Waals surface area contributed by atoms with Gasteiger partial charge in [-0.15, -0.1) is 10.2 Å². The molecule has 2 aliphatic rings. The van der Waals surface area contributed by atoms with Crippen molar-refractivity contribution in [2.45, 2.75) is 32.2 Å². The van der Waals surface area contributed by atoms with Crippen LogP contribution in [0.5, 0.6) is 5.75 Å². The Labute approximate surface area is 153 Å². The van der Waals surface area contributed by atoms with Gasteiger partial charge in [0, 0.05) is 24.7 Å². The smallest absolute Gasteiger partial charge is 0.154 e. The van der Waals surface area contributed by atoms with Gasteiger partial charge in [-0.1, -0.05) is 0 Å². The summed E-state index contributed by atoms with van der Waals surface area (Å²) in [5.74, 6) is 1.08. The highest BCUT2D eigenvalue weighted by Crippen LogP contribution is 2.36. The van der Waals surface area contributed by atoms with Crippen LogP contribution in [0, 0.1) is 18.3 Å². The van der Waals surface area contributed by atoms with E-state index in [1.165, 1.54) is 11.6 Å². The Hall–Kier alpha value is -2.65. The number of rotatable bonds is 2. The van der Waals surface area contributed by atoms with Gasteiger partial charge < -0.3 is 14.9 Å². The van der Waals surface area contributed by atoms with Gasteiger partial charge in [-0.05, 0) is 69.1 Å². The predicted octanol–water partition coefficient (Wildman–Crippen LogP) is 2.49. The van der Waals surface area contributed by atoms with E-state index >= 15 is 0 Å². The number of fused-ring (bicyclic) bond motifs is 1. The van der Waals surface area contributed by atoms with Crippen molar-refractivity contribution in [3.05, 3.63) is 34.9 Å². The Morgan fingerprint density at radius 3 is 2.77 bits per heavy atom. The molecule has 0 radical (unpaired) electrons. The van der Waals surface area contributed by atoms with Crippen molar-refractivity contribution in [1.82, 2.24) is 15.1 Å². The van der Waals surface area contributed by atoms with Gasteiger partial charge in [-0.25, -0.2) is 0 Å². The number of nitriles is 1. The SMILES string of the molecule is Cc1cc(C#N)cc(O)c1-c1cc2c(nn1)N(C1CCN(C)C1)CCC2. The summed E-state index contributed by atoms with van der Waals surface area (Å²) < 4.78 is 0. The third-order valence-corrected chi connectivity index (χ3v) is 5.47. The highest BCUT2D eigenvalue weighted by Gasteiger charge is 2.30. The molecule has 1 N–H and O–H groups in total. The molecule has 2 aromatic rings. The summed E-state index contributed by atoms with van der Waals surface area (Å²) in [6.07, 6.45) is 3.25. The van der Waals surface area contributed by atoms with E-state index < -0.39 is 0 Å². The number of aromatic nitrogens is 2. The fourth-order valence-corrected chi connectivity index (χ4v) is 4.21. The summed E-state index contributed by atoms with van der Waals surface area (Å²) >= 11 is 0. The van der Waals surface area contributed by atoms with Crippen molar-refractivity contribution in [3.63, 3.8) is 0 Å². The van der Waals surface area contributed by atoms with E-state index in [2.05, 4.69) is 39.2 Å². The first kappa shape index (κ1) is 16.8. The van der Waals surface area contributed by atoms with Gasteiger partial charge in [0.2, 0.25) is 0 Å². The molecule has 26 heavy (non-hydrogen) atoms. The molecule has 1 aromatic carbocycles. The average Bonchev–Trinajstić information content (AvgIpc) is 3.06. The van der Waals surface area contributed by atoms with Gasteiger partial charge in [0.1, 0.15) is 5.75 Å². The lowest BCUT2D eigenvalue weighted by molar-refractivity contribution is 0.405. The molecule has 6 nitrogen and oxygen atoms in total. The monoisotopic (exact) mass is 349 g/mol. The van der Waals surface area contributed by atoms with Crippen LogP contribution in [0.1, 0.15) is 29.5 Å². The lowest BCUT2D eigenvalue weighted by atomic mass is 9.98. The minimum Gasteiger partial charge on any atom is -0.507 e. The lowest BCUT2D eigenvalue weighted by Crippen LogP contribution is -2.41. The second kappa shape index (κ2) is 6.58. The first-order chi connectivity index (χ1) is 12.6. The topological polar surface area (TPSA) is 76.3 Å². The van der Waals surface area contributed by atoms with E-state index in [-0.39, 0.29) is 5.75 Å². The van der Waals surface area contributed by atoms with Crippen LogP contribution in [0.2, 0.25) is 0 Å². The zero-order valence-corrected chi connectivity index (χ0v) is 15.2. The fourth-order valence-electron chi connectivity index (χ4n) is 4.21. The first-order valence-electron chi connectivity index (χ1n) is 9.12. The number of hydrogen-bond acceptors (Lipinski definition) is 6. The van der Waals surface area contributed by atoms with Crippen molar-refractivity contribution in [2.75, 3.05) is 31.6 Å². The molecule has 0 saturated carbocycles. The van der Waals surface area contributed by atoms with Crippen LogP contribution >= 0.6 is 0 Å². The summed E-state index contributed by atoms with van der Waals surface area (Å²) in [5.41, 5.74) is 3.82. The molecular weight excluding hydrogens is 326 g/mol. The Morgan fingerprint density at radius 1 is 1.23 bits per heavy atom. The maximum Gasteiger partial charge on any atom is 0.154 e. The Balaban J connectivity index is 1.71. The predicted molar refractivity (Wildman–Crippen MR) is 100 cm³/mol. The van der Waals surface area contributed by atoms with Gasteiger partial charge in [0.05, 0.1) is 17.3 Å². The molecule has 2 aliphatic heterocycles. The highest BCUT2D eigenvalue weighted by molar-refractivity contribution is 5.73. The van der Waals surface area contributed by atoms with Crippen LogP contribution in [0.15, 0.2) is 18.2 Å². The number of phenols is 1. The molecule has 1 unspecified atom stereocenters. The minimum absolute atomic E-state index is 0.0842. The van der Waals surface area contributed by atoms with Crippen LogP contribution < -0.4 is 4.90 Å². The van der Waals surface area contributed by atoms with Crippen molar-refractivity contribution in [3.8, 4) is 23.1 Å². The number of hydrogen-bond donors (Lipinski definition) is 1. The maximum atomic E-state index is 10.4. The van der Waals surface area contributed by atoms with Crippen molar-refractivity contribution in [2.24, 2.45) is 0 Å². The molecular formula is C20H23N5O. The molecule has 0 aliphatic carbocycles. The van der Waals surface area contributed by atoms with Gasteiger partial charge in [-0.3, -0.25) is 0 Å². The summed E-state index contributed by atoms with van der Waals surface area (Å²) in [7, 11) is 2.16. The third kappa shape index (κ3) is 2.89. The number of nitrogens with zero attached hydrogens (tertiary/aromatic N) is 5. The number of likely N-dealkylation sites (tertiary alicyclic amines) is 1. The largest absolute Gasteiger partial charge is 0.507 e. The van der Waals surface area contributed by atoms with E-state index in [9.17, 15) is 5.11 Å². The van der Waals surface area contributed by atoms with E-state index in [0.717, 1.165) is 50.3 Å². The highest BCUT2D eigenvalue weighted by atomic mass is 16.3. The third-order valence-electron chi connectivity index (χ3n) is 5.47. The molecule has 0 spiro atoms. The van der Waals surface area contributed by atoms with Gasteiger partial charge in [0.15, 0.2) is 5.82 Å². The Bertz CT molecular complexity index is 865. The number of anilines is 1. The fraction of sp³-hybridized carbons (Fsp3) is 0.450. The van der Waals surface area contributed by atoms with Crippen LogP contribution in [0.3, 0.4) is 0 Å². The molecule has 1 atom stereocenters. The summed E-state index contributed by atoms with van der Waals surface area (Å²) in [6, 6.07) is 7.90. The van der Waals surface area contributed by atoms with Gasteiger partial charge >= 0.3 is 0 Å². The molecule has 1 saturated heterocycles. The zero-order chi connectivity index (χ0) is 18.3. The molecule has 3 heterocycles. The zero-order valence-electron chi connectivity index (χ0n) is 15.2. The second-order valence-electron chi connectivity index (χ2n) is 7.38. The van der Waals surface area contributed by atoms with Crippen LogP contribution in [0.25, 0.3) is 11.3 Å². The van der Waals surface area contributed by atoms with Crippen LogP contribution in [-0.2, 0) is 6.42 Å². The number of benzene rings is 1. The van der Waals surface area contributed by atoms with E-state index in [4.69, 9.17) is 5.26 Å². The molecule has 1 aromatic heterocycles. The average molecular weight is 349 g/mol. The summed E-state index contributed by atoms with van der Waals surface area (Å²) in [4.78, 5) is 4.77. The van der Waals surface area contributed by atoms with Crippen molar-refractivity contribution < 1.29 is 5.11 Å². The van der Waals surface area contributed by atoms with E-state index in [1.807, 2.05) is 6.92 Å². The number of aromatic hydroxyl groups is 1.